The molecule has 1 heterocycles. The molecule has 0 radical (unpaired) electrons. The van der Waals surface area contributed by atoms with E-state index >= 15 is 0 Å². The molecule has 0 aliphatic rings. The first-order chi connectivity index (χ1) is 7.15. The van der Waals surface area contributed by atoms with Crippen molar-refractivity contribution in [3.05, 3.63) is 17.5 Å². The lowest BCUT2D eigenvalue weighted by molar-refractivity contribution is 0.162. The lowest BCUT2D eigenvalue weighted by Gasteiger charge is -2.08. The maximum absolute atomic E-state index is 9.96. The number of aliphatic hydroxyl groups excluding tert-OH is 1. The summed E-state index contributed by atoms with van der Waals surface area (Å²) in [7, 11) is 1.89. The number of rotatable bonds is 6. The monoisotopic (exact) mass is 210 g/mol. The van der Waals surface area contributed by atoms with Crippen LogP contribution in [0.1, 0.15) is 56.4 Å². The van der Waals surface area contributed by atoms with Gasteiger partial charge >= 0.3 is 0 Å². The second kappa shape index (κ2) is 5.91. The molecule has 0 amide bonds. The van der Waals surface area contributed by atoms with Crippen molar-refractivity contribution in [2.45, 2.75) is 52.1 Å². The summed E-state index contributed by atoms with van der Waals surface area (Å²) in [5, 5.41) is 14.2. The summed E-state index contributed by atoms with van der Waals surface area (Å²) >= 11 is 0. The SMILES string of the molecule is CCCCCCC(O)c1cn(C)nc1C. The first kappa shape index (κ1) is 12.2. The van der Waals surface area contributed by atoms with Gasteiger partial charge in [0, 0.05) is 18.8 Å². The van der Waals surface area contributed by atoms with E-state index in [-0.39, 0.29) is 6.10 Å². The van der Waals surface area contributed by atoms with Gasteiger partial charge in [0.2, 0.25) is 0 Å². The first-order valence-corrected chi connectivity index (χ1v) is 5.83. The molecule has 86 valence electrons. The molecule has 0 bridgehead atoms. The van der Waals surface area contributed by atoms with E-state index in [2.05, 4.69) is 12.0 Å². The van der Waals surface area contributed by atoms with E-state index in [0.717, 1.165) is 24.1 Å². The number of nitrogens with zero attached hydrogens (tertiary/aromatic N) is 2. The summed E-state index contributed by atoms with van der Waals surface area (Å²) in [4.78, 5) is 0. The van der Waals surface area contributed by atoms with Crippen LogP contribution in [0.3, 0.4) is 0 Å². The minimum absolute atomic E-state index is 0.337. The van der Waals surface area contributed by atoms with Crippen LogP contribution < -0.4 is 0 Å². The third-order valence-electron chi connectivity index (χ3n) is 2.74. The van der Waals surface area contributed by atoms with E-state index in [0.29, 0.717) is 0 Å². The van der Waals surface area contributed by atoms with Gasteiger partial charge in [0.15, 0.2) is 0 Å². The molecule has 0 spiro atoms. The fourth-order valence-electron chi connectivity index (χ4n) is 1.87. The van der Waals surface area contributed by atoms with Gasteiger partial charge in [-0.3, -0.25) is 4.68 Å². The predicted octanol–water partition coefficient (Wildman–Crippen LogP) is 2.73. The van der Waals surface area contributed by atoms with Gasteiger partial charge in [0.25, 0.3) is 0 Å². The molecule has 1 rings (SSSR count). The highest BCUT2D eigenvalue weighted by Gasteiger charge is 2.12. The third kappa shape index (κ3) is 3.67. The van der Waals surface area contributed by atoms with Gasteiger partial charge in [0.1, 0.15) is 0 Å². The van der Waals surface area contributed by atoms with Gasteiger partial charge in [-0.25, -0.2) is 0 Å². The third-order valence-corrected chi connectivity index (χ3v) is 2.74. The molecule has 0 aliphatic heterocycles. The normalized spacial score (nSPS) is 13.1. The highest BCUT2D eigenvalue weighted by Crippen LogP contribution is 2.21. The van der Waals surface area contributed by atoms with Gasteiger partial charge in [-0.1, -0.05) is 32.6 Å². The average Bonchev–Trinajstić information content (AvgIpc) is 2.52. The van der Waals surface area contributed by atoms with Crippen LogP contribution in [-0.2, 0) is 7.05 Å². The van der Waals surface area contributed by atoms with E-state index in [9.17, 15) is 5.11 Å². The molecule has 1 unspecified atom stereocenters. The molecule has 0 fully saturated rings. The van der Waals surface area contributed by atoms with Crippen LogP contribution in [0.15, 0.2) is 6.20 Å². The Morgan fingerprint density at radius 2 is 2.13 bits per heavy atom. The van der Waals surface area contributed by atoms with Crippen molar-refractivity contribution >= 4 is 0 Å². The molecule has 0 aromatic carbocycles. The van der Waals surface area contributed by atoms with Crippen molar-refractivity contribution in [3.63, 3.8) is 0 Å². The topological polar surface area (TPSA) is 38.0 Å². The Kier molecular flexibility index (Phi) is 4.82. The van der Waals surface area contributed by atoms with Crippen LogP contribution in [0.5, 0.6) is 0 Å². The number of hydrogen-bond donors (Lipinski definition) is 1. The van der Waals surface area contributed by atoms with E-state index in [1.54, 1.807) is 4.68 Å². The van der Waals surface area contributed by atoms with Crippen molar-refractivity contribution in [2.75, 3.05) is 0 Å². The second-order valence-corrected chi connectivity index (χ2v) is 4.21. The number of aromatic nitrogens is 2. The second-order valence-electron chi connectivity index (χ2n) is 4.21. The van der Waals surface area contributed by atoms with Crippen molar-refractivity contribution in [1.82, 2.24) is 9.78 Å². The lowest BCUT2D eigenvalue weighted by atomic mass is 10.0. The van der Waals surface area contributed by atoms with Gasteiger partial charge in [-0.2, -0.15) is 5.10 Å². The molecule has 1 atom stereocenters. The van der Waals surface area contributed by atoms with E-state index in [1.807, 2.05) is 20.2 Å². The summed E-state index contributed by atoms with van der Waals surface area (Å²) in [6, 6.07) is 0. The maximum Gasteiger partial charge on any atom is 0.0823 e. The summed E-state index contributed by atoms with van der Waals surface area (Å²) in [5.41, 5.74) is 1.93. The minimum Gasteiger partial charge on any atom is -0.388 e. The van der Waals surface area contributed by atoms with Crippen LogP contribution in [0.4, 0.5) is 0 Å². The van der Waals surface area contributed by atoms with E-state index < -0.39 is 0 Å². The summed E-state index contributed by atoms with van der Waals surface area (Å²) in [6.45, 7) is 4.15. The smallest absolute Gasteiger partial charge is 0.0823 e. The Hall–Kier alpha value is -0.830. The maximum atomic E-state index is 9.96. The Morgan fingerprint density at radius 3 is 2.67 bits per heavy atom. The standard InChI is InChI=1S/C12H22N2O/c1-4-5-6-7-8-12(15)11-9-14(3)13-10(11)2/h9,12,15H,4-8H2,1-3H3. The predicted molar refractivity (Wildman–Crippen MR) is 61.7 cm³/mol. The van der Waals surface area contributed by atoms with Crippen LogP contribution in [0, 0.1) is 6.92 Å². The van der Waals surface area contributed by atoms with Crippen LogP contribution in [0.2, 0.25) is 0 Å². The molecule has 3 nitrogen and oxygen atoms in total. The van der Waals surface area contributed by atoms with Gasteiger partial charge in [-0.15, -0.1) is 0 Å². The van der Waals surface area contributed by atoms with Crippen LogP contribution in [-0.4, -0.2) is 14.9 Å². The van der Waals surface area contributed by atoms with Gasteiger partial charge in [-0.05, 0) is 13.3 Å². The van der Waals surface area contributed by atoms with Crippen molar-refractivity contribution in [1.29, 1.82) is 0 Å². The number of unbranched alkanes of at least 4 members (excludes halogenated alkanes) is 3. The quantitative estimate of drug-likeness (QED) is 0.733. The van der Waals surface area contributed by atoms with Crippen molar-refractivity contribution in [2.24, 2.45) is 7.05 Å². The number of aryl methyl sites for hydroxylation is 2. The van der Waals surface area contributed by atoms with Gasteiger partial charge in [0.05, 0.1) is 11.8 Å². The molecule has 1 aromatic rings. The summed E-state index contributed by atoms with van der Waals surface area (Å²) in [6.07, 6.45) is 7.25. The Balaban J connectivity index is 2.39. The molecule has 1 aromatic heterocycles. The molecule has 0 aliphatic carbocycles. The molecule has 0 saturated carbocycles. The highest BCUT2D eigenvalue weighted by atomic mass is 16.3. The fourth-order valence-corrected chi connectivity index (χ4v) is 1.87. The number of hydrogen-bond acceptors (Lipinski definition) is 2. The Bertz CT molecular complexity index is 294. The van der Waals surface area contributed by atoms with Crippen LogP contribution >= 0.6 is 0 Å². The Labute approximate surface area is 92.1 Å². The minimum atomic E-state index is -0.337. The molecule has 1 N–H and O–H groups in total. The number of aliphatic hydroxyl groups is 1. The molecule has 0 saturated heterocycles. The summed E-state index contributed by atoms with van der Waals surface area (Å²) < 4.78 is 1.76. The zero-order valence-electron chi connectivity index (χ0n) is 10.0. The Morgan fingerprint density at radius 1 is 1.40 bits per heavy atom. The molecule has 15 heavy (non-hydrogen) atoms. The molecule has 3 heteroatoms. The zero-order valence-corrected chi connectivity index (χ0v) is 10.0. The van der Waals surface area contributed by atoms with Crippen molar-refractivity contribution < 1.29 is 5.11 Å². The van der Waals surface area contributed by atoms with Crippen molar-refractivity contribution in [3.8, 4) is 0 Å². The molecular formula is C12H22N2O. The lowest BCUT2D eigenvalue weighted by Crippen LogP contribution is -1.98. The van der Waals surface area contributed by atoms with Gasteiger partial charge < -0.3 is 5.11 Å². The van der Waals surface area contributed by atoms with Crippen LogP contribution in [0.25, 0.3) is 0 Å². The first-order valence-electron chi connectivity index (χ1n) is 5.83. The largest absolute Gasteiger partial charge is 0.388 e. The average molecular weight is 210 g/mol. The fraction of sp³-hybridized carbons (Fsp3) is 0.750. The van der Waals surface area contributed by atoms with E-state index in [1.165, 1.54) is 19.3 Å². The summed E-state index contributed by atoms with van der Waals surface area (Å²) in [5.74, 6) is 0. The molecular weight excluding hydrogens is 188 g/mol. The zero-order chi connectivity index (χ0) is 11.3. The van der Waals surface area contributed by atoms with E-state index in [4.69, 9.17) is 0 Å². The highest BCUT2D eigenvalue weighted by molar-refractivity contribution is 5.18.